The number of carboxylic acid groups (broad SMARTS) is 1. The minimum Gasteiger partial charge on any atom is -0.474 e. The number of hydrogen-bond acceptors (Lipinski definition) is 3. The van der Waals surface area contributed by atoms with Crippen molar-refractivity contribution in [3.8, 4) is 0 Å². The molecule has 0 aromatic rings. The van der Waals surface area contributed by atoms with E-state index < -0.39 is 11.9 Å². The highest BCUT2D eigenvalue weighted by Gasteiger charge is 2.27. The number of hydrogen-bond donors (Lipinski definition) is 2. The summed E-state index contributed by atoms with van der Waals surface area (Å²) >= 11 is 0. The van der Waals surface area contributed by atoms with Crippen molar-refractivity contribution in [2.75, 3.05) is 0 Å². The highest BCUT2D eigenvalue weighted by atomic mass is 16.5. The predicted molar refractivity (Wildman–Crippen MR) is 43.1 cm³/mol. The molecule has 0 spiro atoms. The average Bonchev–Trinajstić information content (AvgIpc) is 2.17. The Bertz CT molecular complexity index is 210. The van der Waals surface area contributed by atoms with E-state index in [0.717, 1.165) is 19.3 Å². The molecule has 0 aromatic heterocycles. The lowest BCUT2D eigenvalue weighted by Gasteiger charge is -2.27. The second kappa shape index (κ2) is 4.23. The van der Waals surface area contributed by atoms with E-state index in [1.54, 1.807) is 0 Å². The van der Waals surface area contributed by atoms with Crippen LogP contribution in [0, 0.1) is 0 Å². The van der Waals surface area contributed by atoms with Crippen LogP contribution >= 0.6 is 0 Å². The number of aliphatic carboxylic acids is 1. The van der Waals surface area contributed by atoms with Crippen molar-refractivity contribution in [1.82, 2.24) is 5.06 Å². The zero-order valence-corrected chi connectivity index (χ0v) is 7.27. The number of nitrogens with zero attached hydrogens (tertiary/aromatic N) is 1. The first-order chi connectivity index (χ1) is 6.13. The van der Waals surface area contributed by atoms with Crippen LogP contribution in [-0.4, -0.2) is 33.3 Å². The molecule has 0 radical (unpaired) electrons. The second-order valence-electron chi connectivity index (χ2n) is 3.25. The predicted octanol–water partition coefficient (Wildman–Crippen LogP) is 0.621. The maximum absolute atomic E-state index is 10.8. The van der Waals surface area contributed by atoms with Gasteiger partial charge in [0.15, 0.2) is 0 Å². The third-order valence-electron chi connectivity index (χ3n) is 2.31. The van der Waals surface area contributed by atoms with Crippen molar-refractivity contribution < 1.29 is 19.9 Å². The number of carboxylic acids is 1. The van der Waals surface area contributed by atoms with Gasteiger partial charge in [-0.05, 0) is 12.8 Å². The lowest BCUT2D eigenvalue weighted by molar-refractivity contribution is -0.187. The van der Waals surface area contributed by atoms with Crippen LogP contribution in [0.1, 0.15) is 32.1 Å². The molecule has 5 nitrogen and oxygen atoms in total. The number of amides is 1. The maximum Gasteiger partial charge on any atom is 0.396 e. The van der Waals surface area contributed by atoms with Crippen LogP contribution in [0.5, 0.6) is 0 Å². The molecule has 1 aliphatic rings. The molecule has 0 atom stereocenters. The summed E-state index contributed by atoms with van der Waals surface area (Å²) in [5.74, 6) is -2.83. The van der Waals surface area contributed by atoms with Gasteiger partial charge in [-0.3, -0.25) is 10.0 Å². The maximum atomic E-state index is 10.8. The average molecular weight is 187 g/mol. The largest absolute Gasteiger partial charge is 0.474 e. The summed E-state index contributed by atoms with van der Waals surface area (Å²) in [5.41, 5.74) is 0. The zero-order valence-electron chi connectivity index (χ0n) is 7.27. The molecule has 0 saturated heterocycles. The van der Waals surface area contributed by atoms with E-state index in [1.165, 1.54) is 0 Å². The van der Waals surface area contributed by atoms with Crippen LogP contribution in [0.15, 0.2) is 0 Å². The SMILES string of the molecule is O=C(O)C(=O)N(O)C1CCCCC1. The van der Waals surface area contributed by atoms with Crippen LogP contribution in [-0.2, 0) is 9.59 Å². The van der Waals surface area contributed by atoms with Crippen molar-refractivity contribution in [3.63, 3.8) is 0 Å². The molecule has 0 unspecified atom stereocenters. The van der Waals surface area contributed by atoms with Crippen LogP contribution in [0.2, 0.25) is 0 Å². The summed E-state index contributed by atoms with van der Waals surface area (Å²) in [5, 5.41) is 17.9. The number of carbonyl (C=O) groups is 2. The minimum atomic E-state index is -1.60. The van der Waals surface area contributed by atoms with Crippen molar-refractivity contribution in [1.29, 1.82) is 0 Å². The second-order valence-corrected chi connectivity index (χ2v) is 3.25. The van der Waals surface area contributed by atoms with Crippen molar-refractivity contribution in [2.24, 2.45) is 0 Å². The van der Waals surface area contributed by atoms with E-state index in [1.807, 2.05) is 0 Å². The molecule has 1 amide bonds. The zero-order chi connectivity index (χ0) is 9.84. The molecule has 1 fully saturated rings. The monoisotopic (exact) mass is 187 g/mol. The van der Waals surface area contributed by atoms with Gasteiger partial charge in [-0.15, -0.1) is 0 Å². The molecule has 0 aromatic carbocycles. The Balaban J connectivity index is 2.49. The third kappa shape index (κ3) is 2.42. The summed E-state index contributed by atoms with van der Waals surface area (Å²) in [6, 6.07) is -0.308. The summed E-state index contributed by atoms with van der Waals surface area (Å²) in [7, 11) is 0. The molecular formula is C8H13NO4. The molecule has 1 rings (SSSR count). The minimum absolute atomic E-state index is 0.308. The third-order valence-corrected chi connectivity index (χ3v) is 2.31. The number of carbonyl (C=O) groups excluding carboxylic acids is 1. The fourth-order valence-electron chi connectivity index (χ4n) is 1.59. The van der Waals surface area contributed by atoms with Gasteiger partial charge < -0.3 is 5.11 Å². The summed E-state index contributed by atoms with van der Waals surface area (Å²) in [6.45, 7) is 0. The summed E-state index contributed by atoms with van der Waals surface area (Å²) in [6.07, 6.45) is 4.35. The Morgan fingerprint density at radius 3 is 2.15 bits per heavy atom. The molecule has 74 valence electrons. The molecule has 0 bridgehead atoms. The Hall–Kier alpha value is -1.10. The van der Waals surface area contributed by atoms with Gasteiger partial charge in [-0.2, -0.15) is 0 Å². The van der Waals surface area contributed by atoms with Gasteiger partial charge in [-0.25, -0.2) is 9.86 Å². The van der Waals surface area contributed by atoms with E-state index in [2.05, 4.69) is 0 Å². The van der Waals surface area contributed by atoms with Gasteiger partial charge in [0, 0.05) is 0 Å². The van der Waals surface area contributed by atoms with Crippen LogP contribution in [0.3, 0.4) is 0 Å². The molecule has 0 aliphatic heterocycles. The molecule has 13 heavy (non-hydrogen) atoms. The summed E-state index contributed by atoms with van der Waals surface area (Å²) in [4.78, 5) is 21.1. The number of hydroxylamine groups is 2. The first kappa shape index (κ1) is 9.98. The fourth-order valence-corrected chi connectivity index (χ4v) is 1.59. The van der Waals surface area contributed by atoms with E-state index in [4.69, 9.17) is 5.11 Å². The van der Waals surface area contributed by atoms with Gasteiger partial charge >= 0.3 is 11.9 Å². The van der Waals surface area contributed by atoms with E-state index in [0.29, 0.717) is 17.9 Å². The Kier molecular flexibility index (Phi) is 3.25. The van der Waals surface area contributed by atoms with Gasteiger partial charge in [0.25, 0.3) is 0 Å². The topological polar surface area (TPSA) is 77.8 Å². The Morgan fingerprint density at radius 2 is 1.69 bits per heavy atom. The van der Waals surface area contributed by atoms with E-state index in [9.17, 15) is 14.8 Å². The van der Waals surface area contributed by atoms with Crippen LogP contribution in [0.25, 0.3) is 0 Å². The lowest BCUT2D eigenvalue weighted by atomic mass is 9.95. The molecule has 5 heteroatoms. The van der Waals surface area contributed by atoms with Crippen LogP contribution in [0.4, 0.5) is 0 Å². The Morgan fingerprint density at radius 1 is 1.15 bits per heavy atom. The van der Waals surface area contributed by atoms with Crippen molar-refractivity contribution in [2.45, 2.75) is 38.1 Å². The van der Waals surface area contributed by atoms with Gasteiger partial charge in [0.2, 0.25) is 0 Å². The van der Waals surface area contributed by atoms with E-state index in [-0.39, 0.29) is 6.04 Å². The highest BCUT2D eigenvalue weighted by Crippen LogP contribution is 2.21. The molecular weight excluding hydrogens is 174 g/mol. The van der Waals surface area contributed by atoms with Gasteiger partial charge in [-0.1, -0.05) is 19.3 Å². The Labute approximate surface area is 75.9 Å². The number of rotatable bonds is 1. The molecule has 2 N–H and O–H groups in total. The van der Waals surface area contributed by atoms with Gasteiger partial charge in [0.1, 0.15) is 0 Å². The standard InChI is InChI=1S/C8H13NO4/c10-7(8(11)12)9(13)6-4-2-1-3-5-6/h6,13H,1-5H2,(H,11,12). The molecule has 1 aliphatic carbocycles. The lowest BCUT2D eigenvalue weighted by Crippen LogP contribution is -2.42. The van der Waals surface area contributed by atoms with E-state index >= 15 is 0 Å². The summed E-state index contributed by atoms with van der Waals surface area (Å²) < 4.78 is 0. The molecule has 1 saturated carbocycles. The smallest absolute Gasteiger partial charge is 0.396 e. The fraction of sp³-hybridized carbons (Fsp3) is 0.750. The quantitative estimate of drug-likeness (QED) is 0.358. The normalized spacial score (nSPS) is 18.2. The molecule has 0 heterocycles. The van der Waals surface area contributed by atoms with Crippen molar-refractivity contribution in [3.05, 3.63) is 0 Å². The first-order valence-electron chi connectivity index (χ1n) is 4.38. The highest BCUT2D eigenvalue weighted by molar-refractivity contribution is 6.31. The van der Waals surface area contributed by atoms with Crippen molar-refractivity contribution >= 4 is 11.9 Å². The van der Waals surface area contributed by atoms with Crippen LogP contribution < -0.4 is 0 Å². The van der Waals surface area contributed by atoms with Gasteiger partial charge in [0.05, 0.1) is 6.04 Å². The first-order valence-corrected chi connectivity index (χ1v) is 4.38.